The Bertz CT molecular complexity index is 622. The van der Waals surface area contributed by atoms with Gasteiger partial charge in [0.2, 0.25) is 5.91 Å². The molecule has 1 unspecified atom stereocenters. The third-order valence-corrected chi connectivity index (χ3v) is 4.73. The van der Waals surface area contributed by atoms with Crippen LogP contribution in [-0.2, 0) is 11.3 Å². The van der Waals surface area contributed by atoms with Gasteiger partial charge in [0.25, 0.3) is 0 Å². The molecule has 0 aliphatic heterocycles. The number of hydrogen-bond donors (Lipinski definition) is 1. The highest BCUT2D eigenvalue weighted by Gasteiger charge is 2.15. The van der Waals surface area contributed by atoms with Crippen LogP contribution in [0.5, 0.6) is 0 Å². The van der Waals surface area contributed by atoms with Crippen molar-refractivity contribution in [3.05, 3.63) is 51.9 Å². The fourth-order valence-electron chi connectivity index (χ4n) is 1.96. The fourth-order valence-corrected chi connectivity index (χ4v) is 3.11. The van der Waals surface area contributed by atoms with Crippen LogP contribution in [0.1, 0.15) is 24.0 Å². The van der Waals surface area contributed by atoms with Gasteiger partial charge in [-0.25, -0.2) is 0 Å². The summed E-state index contributed by atoms with van der Waals surface area (Å²) in [6, 6.07) is 9.92. The Hall–Kier alpha value is -1.20. The summed E-state index contributed by atoms with van der Waals surface area (Å²) in [7, 11) is 0. The number of thioether (sulfide) groups is 1. The molecular weight excluding hydrogens is 350 g/mol. The first-order valence-corrected chi connectivity index (χ1v) is 8.39. The minimum absolute atomic E-state index is 0.0289. The molecule has 0 fully saturated rings. The second-order valence-electron chi connectivity index (χ2n) is 4.87. The van der Waals surface area contributed by atoms with Crippen LogP contribution in [0.4, 0.5) is 0 Å². The molecule has 2 aromatic rings. The van der Waals surface area contributed by atoms with E-state index in [0.717, 1.165) is 26.5 Å². The molecule has 1 N–H and O–H groups in total. The number of amides is 1. The lowest BCUT2D eigenvalue weighted by Crippen LogP contribution is -2.30. The van der Waals surface area contributed by atoms with Crippen LogP contribution in [0.3, 0.4) is 0 Å². The van der Waals surface area contributed by atoms with E-state index in [-0.39, 0.29) is 11.2 Å². The number of furan rings is 1. The molecule has 3 nitrogen and oxygen atoms in total. The molecule has 1 amide bonds. The van der Waals surface area contributed by atoms with Crippen molar-refractivity contribution in [2.24, 2.45) is 0 Å². The maximum atomic E-state index is 12.1. The highest BCUT2D eigenvalue weighted by molar-refractivity contribution is 9.10. The van der Waals surface area contributed by atoms with Crippen LogP contribution in [0.25, 0.3) is 0 Å². The van der Waals surface area contributed by atoms with E-state index in [2.05, 4.69) is 21.2 Å². The molecule has 0 aliphatic rings. The van der Waals surface area contributed by atoms with Crippen molar-refractivity contribution in [2.75, 3.05) is 0 Å². The Labute approximate surface area is 137 Å². The van der Waals surface area contributed by atoms with Crippen LogP contribution >= 0.6 is 27.7 Å². The maximum Gasteiger partial charge on any atom is 0.233 e. The van der Waals surface area contributed by atoms with Gasteiger partial charge < -0.3 is 9.73 Å². The first kappa shape index (κ1) is 16.2. The molecule has 5 heteroatoms. The summed E-state index contributed by atoms with van der Waals surface area (Å²) in [4.78, 5) is 13.2. The summed E-state index contributed by atoms with van der Waals surface area (Å²) >= 11 is 4.95. The minimum atomic E-state index is -0.139. The van der Waals surface area contributed by atoms with E-state index in [1.165, 1.54) is 0 Å². The smallest absolute Gasteiger partial charge is 0.233 e. The monoisotopic (exact) mass is 367 g/mol. The molecule has 1 heterocycles. The van der Waals surface area contributed by atoms with E-state index >= 15 is 0 Å². The van der Waals surface area contributed by atoms with E-state index in [4.69, 9.17) is 4.42 Å². The third kappa shape index (κ3) is 4.64. The molecule has 0 saturated carbocycles. The first-order valence-electron chi connectivity index (χ1n) is 6.71. The second kappa shape index (κ2) is 7.18. The number of benzene rings is 1. The molecule has 0 spiro atoms. The van der Waals surface area contributed by atoms with Crippen molar-refractivity contribution in [1.29, 1.82) is 0 Å². The van der Waals surface area contributed by atoms with Gasteiger partial charge in [-0.05, 0) is 51.1 Å². The molecule has 1 atom stereocenters. The Morgan fingerprint density at radius 3 is 2.57 bits per heavy atom. The van der Waals surface area contributed by atoms with Crippen molar-refractivity contribution >= 4 is 33.6 Å². The van der Waals surface area contributed by atoms with Crippen LogP contribution in [0.15, 0.2) is 44.1 Å². The summed E-state index contributed by atoms with van der Waals surface area (Å²) in [6.45, 7) is 6.24. The molecule has 2 rings (SSSR count). The molecule has 21 heavy (non-hydrogen) atoms. The summed E-state index contributed by atoms with van der Waals surface area (Å²) < 4.78 is 6.49. The number of aryl methyl sites for hydroxylation is 2. The highest BCUT2D eigenvalue weighted by Crippen LogP contribution is 2.25. The number of carbonyl (C=O) groups excluding carboxylic acids is 1. The van der Waals surface area contributed by atoms with Gasteiger partial charge in [0.15, 0.2) is 0 Å². The number of nitrogens with one attached hydrogen (secondary N) is 1. The number of hydrogen-bond acceptors (Lipinski definition) is 3. The lowest BCUT2D eigenvalue weighted by atomic mass is 10.2. The predicted octanol–water partition coefficient (Wildman–Crippen LogP) is 4.46. The first-order chi connectivity index (χ1) is 9.95. The Morgan fingerprint density at radius 1 is 1.33 bits per heavy atom. The van der Waals surface area contributed by atoms with E-state index in [1.807, 2.05) is 51.1 Å². The molecule has 0 radical (unpaired) electrons. The zero-order chi connectivity index (χ0) is 15.4. The summed E-state index contributed by atoms with van der Waals surface area (Å²) in [5.74, 6) is 1.76. The van der Waals surface area contributed by atoms with Gasteiger partial charge in [-0.15, -0.1) is 11.8 Å². The van der Waals surface area contributed by atoms with E-state index < -0.39 is 0 Å². The van der Waals surface area contributed by atoms with Crippen molar-refractivity contribution in [3.8, 4) is 0 Å². The van der Waals surface area contributed by atoms with E-state index in [9.17, 15) is 4.79 Å². The van der Waals surface area contributed by atoms with Gasteiger partial charge >= 0.3 is 0 Å². The lowest BCUT2D eigenvalue weighted by molar-refractivity contribution is -0.120. The predicted molar refractivity (Wildman–Crippen MR) is 89.5 cm³/mol. The zero-order valence-electron chi connectivity index (χ0n) is 12.3. The van der Waals surface area contributed by atoms with E-state index in [1.54, 1.807) is 11.8 Å². The van der Waals surface area contributed by atoms with Gasteiger partial charge in [-0.2, -0.15) is 0 Å². The Balaban J connectivity index is 1.87. The van der Waals surface area contributed by atoms with Gasteiger partial charge in [0, 0.05) is 21.5 Å². The van der Waals surface area contributed by atoms with Crippen molar-refractivity contribution < 1.29 is 9.21 Å². The van der Waals surface area contributed by atoms with Crippen LogP contribution in [0, 0.1) is 13.8 Å². The number of halogens is 1. The second-order valence-corrected chi connectivity index (χ2v) is 7.20. The van der Waals surface area contributed by atoms with E-state index in [0.29, 0.717) is 6.54 Å². The summed E-state index contributed by atoms with van der Waals surface area (Å²) in [5, 5.41) is 2.82. The fraction of sp³-hybridized carbons (Fsp3) is 0.312. The molecule has 0 bridgehead atoms. The number of carbonyl (C=O) groups is 1. The molecule has 112 valence electrons. The quantitative estimate of drug-likeness (QED) is 0.793. The third-order valence-electron chi connectivity index (χ3n) is 3.09. The van der Waals surface area contributed by atoms with Gasteiger partial charge in [-0.1, -0.05) is 15.9 Å². The van der Waals surface area contributed by atoms with Crippen LogP contribution in [-0.4, -0.2) is 11.2 Å². The van der Waals surface area contributed by atoms with Crippen LogP contribution < -0.4 is 5.32 Å². The topological polar surface area (TPSA) is 42.2 Å². The van der Waals surface area contributed by atoms with Gasteiger partial charge in [-0.3, -0.25) is 4.79 Å². The average molecular weight is 368 g/mol. The average Bonchev–Trinajstić information content (AvgIpc) is 2.76. The van der Waals surface area contributed by atoms with Gasteiger partial charge in [0.1, 0.15) is 11.5 Å². The number of rotatable bonds is 5. The Morgan fingerprint density at radius 2 is 2.00 bits per heavy atom. The SMILES string of the molecule is Cc1cc(CNC(=O)C(C)Sc2ccc(Br)cc2)c(C)o1. The highest BCUT2D eigenvalue weighted by atomic mass is 79.9. The van der Waals surface area contributed by atoms with Gasteiger partial charge in [0.05, 0.1) is 5.25 Å². The molecule has 0 aliphatic carbocycles. The maximum absolute atomic E-state index is 12.1. The Kier molecular flexibility index (Phi) is 5.53. The normalized spacial score (nSPS) is 12.2. The minimum Gasteiger partial charge on any atom is -0.466 e. The summed E-state index contributed by atoms with van der Waals surface area (Å²) in [5.41, 5.74) is 1.03. The van der Waals surface area contributed by atoms with Crippen molar-refractivity contribution in [1.82, 2.24) is 5.32 Å². The van der Waals surface area contributed by atoms with Crippen LogP contribution in [0.2, 0.25) is 0 Å². The molecule has 1 aromatic carbocycles. The molecule has 0 saturated heterocycles. The molecular formula is C16H18BrNO2S. The van der Waals surface area contributed by atoms with Crippen molar-refractivity contribution in [3.63, 3.8) is 0 Å². The standard InChI is InChI=1S/C16H18BrNO2S/c1-10-8-13(11(2)20-10)9-18-16(19)12(3)21-15-6-4-14(17)5-7-15/h4-8,12H,9H2,1-3H3,(H,18,19). The molecule has 1 aromatic heterocycles. The largest absolute Gasteiger partial charge is 0.466 e. The lowest BCUT2D eigenvalue weighted by Gasteiger charge is -2.11. The van der Waals surface area contributed by atoms with Crippen molar-refractivity contribution in [2.45, 2.75) is 37.5 Å². The summed E-state index contributed by atoms with van der Waals surface area (Å²) in [6.07, 6.45) is 0. The zero-order valence-corrected chi connectivity index (χ0v) is 14.7.